The number of halogens is 3. The van der Waals surface area contributed by atoms with Gasteiger partial charge in [0.25, 0.3) is 5.91 Å². The van der Waals surface area contributed by atoms with Gasteiger partial charge in [-0.05, 0) is 64.5 Å². The average molecular weight is 520 g/mol. The molecule has 0 aliphatic heterocycles. The number of carbonyl (C=O) groups excluding carboxylic acids is 1. The number of hydrogen-bond acceptors (Lipinski definition) is 4. The average Bonchev–Trinajstić information content (AvgIpc) is 3.11. The Morgan fingerprint density at radius 2 is 1.97 bits per heavy atom. The normalized spacial score (nSPS) is 10.9. The molecule has 4 aromatic rings. The predicted molar refractivity (Wildman–Crippen MR) is 116 cm³/mol. The third-order valence-corrected chi connectivity index (χ3v) is 5.22. The van der Waals surface area contributed by atoms with Crippen LogP contribution in [0.15, 0.2) is 68.0 Å². The van der Waals surface area contributed by atoms with Crippen LogP contribution < -0.4 is 10.1 Å². The minimum atomic E-state index is -0.369. The first kappa shape index (κ1) is 19.6. The lowest BCUT2D eigenvalue weighted by Gasteiger charge is -2.11. The molecule has 0 fully saturated rings. The van der Waals surface area contributed by atoms with Crippen molar-refractivity contribution in [3.63, 3.8) is 0 Å². The Balaban J connectivity index is 1.65. The molecule has 5 nitrogen and oxygen atoms in total. The molecule has 29 heavy (non-hydrogen) atoms. The van der Waals surface area contributed by atoms with E-state index >= 15 is 0 Å². The number of aromatic nitrogens is 1. The number of ether oxygens (including phenoxy) is 1. The van der Waals surface area contributed by atoms with Crippen LogP contribution >= 0.6 is 31.9 Å². The second kappa shape index (κ2) is 7.96. The first-order valence-corrected chi connectivity index (χ1v) is 10.0. The molecule has 1 amide bonds. The van der Waals surface area contributed by atoms with E-state index in [4.69, 9.17) is 9.15 Å². The summed E-state index contributed by atoms with van der Waals surface area (Å²) in [5.41, 5.74) is 2.53. The Morgan fingerprint density at radius 3 is 2.72 bits per heavy atom. The molecule has 0 radical (unpaired) electrons. The van der Waals surface area contributed by atoms with Crippen LogP contribution in [-0.4, -0.2) is 18.0 Å². The quantitative estimate of drug-likeness (QED) is 0.338. The minimum absolute atomic E-state index is 0.306. The van der Waals surface area contributed by atoms with Crippen LogP contribution in [0.5, 0.6) is 5.75 Å². The molecule has 146 valence electrons. The summed E-state index contributed by atoms with van der Waals surface area (Å²) in [6.07, 6.45) is 0. The van der Waals surface area contributed by atoms with Gasteiger partial charge < -0.3 is 14.5 Å². The molecule has 1 aromatic heterocycles. The highest BCUT2D eigenvalue weighted by Gasteiger charge is 2.17. The summed E-state index contributed by atoms with van der Waals surface area (Å²) in [7, 11) is 1.50. The molecule has 8 heteroatoms. The number of benzene rings is 3. The second-order valence-electron chi connectivity index (χ2n) is 6.13. The van der Waals surface area contributed by atoms with Crippen LogP contribution in [0, 0.1) is 5.82 Å². The fourth-order valence-corrected chi connectivity index (χ4v) is 4.27. The van der Waals surface area contributed by atoms with E-state index in [0.717, 1.165) is 4.47 Å². The van der Waals surface area contributed by atoms with E-state index in [1.165, 1.54) is 19.2 Å². The highest BCUT2D eigenvalue weighted by molar-refractivity contribution is 9.11. The van der Waals surface area contributed by atoms with Crippen molar-refractivity contribution < 1.29 is 18.3 Å². The zero-order valence-electron chi connectivity index (χ0n) is 15.0. The maximum atomic E-state index is 13.5. The van der Waals surface area contributed by atoms with Crippen molar-refractivity contribution in [2.75, 3.05) is 12.4 Å². The van der Waals surface area contributed by atoms with Crippen LogP contribution in [0.2, 0.25) is 0 Å². The Kier molecular flexibility index (Phi) is 5.38. The highest BCUT2D eigenvalue weighted by atomic mass is 79.9. The lowest BCUT2D eigenvalue weighted by atomic mass is 10.2. The lowest BCUT2D eigenvalue weighted by molar-refractivity contribution is 0.102. The van der Waals surface area contributed by atoms with Gasteiger partial charge in [0.15, 0.2) is 5.58 Å². The SMILES string of the molecule is COc1c(Br)cc(Br)cc1C(=O)Nc1ccc2oc(-c3cccc(F)c3)nc2c1. The van der Waals surface area contributed by atoms with Crippen LogP contribution in [-0.2, 0) is 0 Å². The molecule has 0 unspecified atom stereocenters. The smallest absolute Gasteiger partial charge is 0.259 e. The zero-order chi connectivity index (χ0) is 20.5. The number of amides is 1. The number of hydrogen-bond donors (Lipinski definition) is 1. The second-order valence-corrected chi connectivity index (χ2v) is 7.90. The molecule has 0 saturated heterocycles. The maximum Gasteiger partial charge on any atom is 0.259 e. The Bertz CT molecular complexity index is 1240. The third kappa shape index (κ3) is 4.04. The molecule has 0 atom stereocenters. The Hall–Kier alpha value is -2.71. The number of rotatable bonds is 4. The lowest BCUT2D eigenvalue weighted by Crippen LogP contribution is -2.13. The predicted octanol–water partition coefficient (Wildman–Crippen LogP) is 6.42. The first-order valence-electron chi connectivity index (χ1n) is 8.45. The summed E-state index contributed by atoms with van der Waals surface area (Å²) >= 11 is 6.77. The van der Waals surface area contributed by atoms with Crippen molar-refractivity contribution in [3.8, 4) is 17.2 Å². The number of methoxy groups -OCH3 is 1. The van der Waals surface area contributed by atoms with Gasteiger partial charge >= 0.3 is 0 Å². The van der Waals surface area contributed by atoms with Gasteiger partial charge in [-0.25, -0.2) is 9.37 Å². The van der Waals surface area contributed by atoms with Crippen molar-refractivity contribution in [1.29, 1.82) is 0 Å². The Morgan fingerprint density at radius 1 is 1.14 bits per heavy atom. The molecule has 3 aromatic carbocycles. The maximum absolute atomic E-state index is 13.5. The number of carbonyl (C=O) groups is 1. The van der Waals surface area contributed by atoms with Gasteiger partial charge in [0.1, 0.15) is 17.1 Å². The summed E-state index contributed by atoms with van der Waals surface area (Å²) in [5.74, 6) is 0.0334. The third-order valence-electron chi connectivity index (χ3n) is 4.17. The van der Waals surface area contributed by atoms with Crippen LogP contribution in [0.25, 0.3) is 22.6 Å². The van der Waals surface area contributed by atoms with Gasteiger partial charge in [-0.15, -0.1) is 0 Å². The van der Waals surface area contributed by atoms with Crippen molar-refractivity contribution in [3.05, 3.63) is 74.9 Å². The van der Waals surface area contributed by atoms with Crippen LogP contribution in [0.3, 0.4) is 0 Å². The summed E-state index contributed by atoms with van der Waals surface area (Å²) in [4.78, 5) is 17.2. The Labute approximate surface area is 182 Å². The molecule has 0 bridgehead atoms. The van der Waals surface area contributed by atoms with Gasteiger partial charge in [-0.2, -0.15) is 0 Å². The fourth-order valence-electron chi connectivity index (χ4n) is 2.89. The van der Waals surface area contributed by atoms with Gasteiger partial charge in [0.2, 0.25) is 5.89 Å². The van der Waals surface area contributed by atoms with E-state index in [-0.39, 0.29) is 11.7 Å². The van der Waals surface area contributed by atoms with Gasteiger partial charge in [0, 0.05) is 15.7 Å². The van der Waals surface area contributed by atoms with Crippen molar-refractivity contribution in [1.82, 2.24) is 4.98 Å². The molecule has 1 heterocycles. The molecule has 4 rings (SSSR count). The standard InChI is InChI=1S/C21H13Br2FN2O3/c1-28-19-15(8-12(22)9-16(19)23)20(27)25-14-5-6-18-17(10-14)26-21(29-18)11-3-2-4-13(24)7-11/h2-10H,1H3,(H,25,27). The van der Waals surface area contributed by atoms with E-state index < -0.39 is 0 Å². The van der Waals surface area contributed by atoms with Crippen molar-refractivity contribution in [2.45, 2.75) is 0 Å². The number of oxazole rings is 1. The van der Waals surface area contributed by atoms with E-state index in [2.05, 4.69) is 42.2 Å². The molecule has 0 spiro atoms. The van der Waals surface area contributed by atoms with Gasteiger partial charge in [0.05, 0.1) is 17.1 Å². The van der Waals surface area contributed by atoms with Crippen molar-refractivity contribution >= 4 is 54.6 Å². The summed E-state index contributed by atoms with van der Waals surface area (Å²) in [6, 6.07) is 14.6. The summed E-state index contributed by atoms with van der Waals surface area (Å²) in [5, 5.41) is 2.84. The number of nitrogens with one attached hydrogen (secondary N) is 1. The largest absolute Gasteiger partial charge is 0.495 e. The van der Waals surface area contributed by atoms with E-state index in [1.807, 2.05) is 0 Å². The summed E-state index contributed by atoms with van der Waals surface area (Å²) < 4.78 is 25.9. The van der Waals surface area contributed by atoms with E-state index in [1.54, 1.807) is 42.5 Å². The number of nitrogens with zero attached hydrogens (tertiary/aromatic N) is 1. The topological polar surface area (TPSA) is 64.4 Å². The van der Waals surface area contributed by atoms with Gasteiger partial charge in [-0.1, -0.05) is 22.0 Å². The molecule has 0 aliphatic rings. The molecular formula is C21H13Br2FN2O3. The monoisotopic (exact) mass is 518 g/mol. The zero-order valence-corrected chi connectivity index (χ0v) is 18.2. The van der Waals surface area contributed by atoms with Crippen LogP contribution in [0.4, 0.5) is 10.1 Å². The van der Waals surface area contributed by atoms with Crippen LogP contribution in [0.1, 0.15) is 10.4 Å². The highest BCUT2D eigenvalue weighted by Crippen LogP contribution is 2.33. The molecule has 0 saturated carbocycles. The van der Waals surface area contributed by atoms with E-state index in [9.17, 15) is 9.18 Å². The summed E-state index contributed by atoms with van der Waals surface area (Å²) in [6.45, 7) is 0. The molecule has 1 N–H and O–H groups in total. The van der Waals surface area contributed by atoms with Gasteiger partial charge in [-0.3, -0.25) is 4.79 Å². The minimum Gasteiger partial charge on any atom is -0.495 e. The number of fused-ring (bicyclic) bond motifs is 1. The number of anilines is 1. The fraction of sp³-hybridized carbons (Fsp3) is 0.0476. The first-order chi connectivity index (χ1) is 13.9. The van der Waals surface area contributed by atoms with Crippen molar-refractivity contribution in [2.24, 2.45) is 0 Å². The van der Waals surface area contributed by atoms with E-state index in [0.29, 0.717) is 44.0 Å². The molecular weight excluding hydrogens is 507 g/mol. The molecule has 0 aliphatic carbocycles.